The van der Waals surface area contributed by atoms with Crippen LogP contribution in [0.1, 0.15) is 38.1 Å². The number of hydrogen-bond acceptors (Lipinski definition) is 4. The van der Waals surface area contributed by atoms with Crippen molar-refractivity contribution < 1.29 is 19.2 Å². The molecular formula is C12H16BNO4. The Morgan fingerprint density at radius 1 is 1.28 bits per heavy atom. The number of nitrogens with zero attached hydrogens (tertiary/aromatic N) is 1. The van der Waals surface area contributed by atoms with Crippen LogP contribution in [0.2, 0.25) is 0 Å². The summed E-state index contributed by atoms with van der Waals surface area (Å²) in [6, 6.07) is 1.62. The van der Waals surface area contributed by atoms with Gasteiger partial charge in [-0.3, -0.25) is 4.98 Å². The molecule has 1 saturated heterocycles. The van der Waals surface area contributed by atoms with Crippen molar-refractivity contribution in [3.63, 3.8) is 0 Å². The average molecular weight is 249 g/mol. The normalized spacial score (nSPS) is 21.0. The van der Waals surface area contributed by atoms with Crippen molar-refractivity contribution in [3.8, 4) is 0 Å². The molecule has 1 aliphatic rings. The zero-order valence-electron chi connectivity index (χ0n) is 10.9. The molecule has 2 heterocycles. The smallest absolute Gasteiger partial charge is 0.478 e. The quantitative estimate of drug-likeness (QED) is 0.794. The Bertz CT molecular complexity index is 471. The fourth-order valence-electron chi connectivity index (χ4n) is 1.76. The van der Waals surface area contributed by atoms with Crippen molar-refractivity contribution in [2.75, 3.05) is 0 Å². The third-order valence-electron chi connectivity index (χ3n) is 3.59. The van der Waals surface area contributed by atoms with Gasteiger partial charge >= 0.3 is 13.1 Å². The van der Waals surface area contributed by atoms with Gasteiger partial charge in [0.15, 0.2) is 0 Å². The molecule has 0 amide bonds. The standard InChI is InChI=1S/C12H16BNO4/c1-11(2)12(3,4)18-13(17-11)9-5-6-14-7-8(9)10(15)16/h5-7H,1-4H3,(H,15,16). The average Bonchev–Trinajstić information content (AvgIpc) is 2.48. The van der Waals surface area contributed by atoms with Gasteiger partial charge in [0.25, 0.3) is 0 Å². The Morgan fingerprint density at radius 2 is 1.83 bits per heavy atom. The zero-order chi connectivity index (χ0) is 13.6. The number of aromatic nitrogens is 1. The number of pyridine rings is 1. The maximum Gasteiger partial charge on any atom is 0.495 e. The summed E-state index contributed by atoms with van der Waals surface area (Å²) in [6.07, 6.45) is 2.84. The lowest BCUT2D eigenvalue weighted by atomic mass is 9.77. The molecule has 1 N–H and O–H groups in total. The number of hydrogen-bond donors (Lipinski definition) is 1. The van der Waals surface area contributed by atoms with Crippen LogP contribution in [0, 0.1) is 0 Å². The van der Waals surface area contributed by atoms with Gasteiger partial charge < -0.3 is 14.4 Å². The molecule has 96 valence electrons. The first-order chi connectivity index (χ1) is 8.24. The van der Waals surface area contributed by atoms with Crippen LogP contribution in [0.4, 0.5) is 0 Å². The highest BCUT2D eigenvalue weighted by Crippen LogP contribution is 2.36. The molecule has 18 heavy (non-hydrogen) atoms. The summed E-state index contributed by atoms with van der Waals surface area (Å²) >= 11 is 0. The SMILES string of the molecule is CC1(C)OB(c2ccncc2C(=O)O)OC1(C)C. The summed E-state index contributed by atoms with van der Waals surface area (Å²) in [5, 5.41) is 9.14. The van der Waals surface area contributed by atoms with E-state index in [1.807, 2.05) is 27.7 Å². The van der Waals surface area contributed by atoms with E-state index in [9.17, 15) is 4.79 Å². The summed E-state index contributed by atoms with van der Waals surface area (Å²) in [5.74, 6) is -1.03. The molecule has 0 aliphatic carbocycles. The van der Waals surface area contributed by atoms with E-state index in [2.05, 4.69) is 4.98 Å². The van der Waals surface area contributed by atoms with Crippen LogP contribution in [-0.2, 0) is 9.31 Å². The summed E-state index contributed by atoms with van der Waals surface area (Å²) in [6.45, 7) is 7.70. The van der Waals surface area contributed by atoms with Gasteiger partial charge in [-0.1, -0.05) is 0 Å². The lowest BCUT2D eigenvalue weighted by Crippen LogP contribution is -2.41. The van der Waals surface area contributed by atoms with Crippen molar-refractivity contribution >= 4 is 18.6 Å². The van der Waals surface area contributed by atoms with E-state index >= 15 is 0 Å². The van der Waals surface area contributed by atoms with Gasteiger partial charge in [0.1, 0.15) is 0 Å². The molecule has 0 spiro atoms. The summed E-state index contributed by atoms with van der Waals surface area (Å²) < 4.78 is 11.7. The predicted molar refractivity (Wildman–Crippen MR) is 66.9 cm³/mol. The van der Waals surface area contributed by atoms with E-state index in [-0.39, 0.29) is 5.56 Å². The third-order valence-corrected chi connectivity index (χ3v) is 3.59. The largest absolute Gasteiger partial charge is 0.495 e. The zero-order valence-corrected chi connectivity index (χ0v) is 10.9. The Labute approximate surface area is 106 Å². The van der Waals surface area contributed by atoms with E-state index in [1.54, 1.807) is 6.07 Å². The Kier molecular flexibility index (Phi) is 2.95. The van der Waals surface area contributed by atoms with Crippen molar-refractivity contribution in [1.29, 1.82) is 0 Å². The van der Waals surface area contributed by atoms with E-state index in [0.717, 1.165) is 0 Å². The molecule has 0 saturated carbocycles. The van der Waals surface area contributed by atoms with Crippen LogP contribution in [0.3, 0.4) is 0 Å². The minimum Gasteiger partial charge on any atom is -0.478 e. The van der Waals surface area contributed by atoms with E-state index in [1.165, 1.54) is 12.4 Å². The van der Waals surface area contributed by atoms with Crippen LogP contribution in [-0.4, -0.2) is 34.4 Å². The van der Waals surface area contributed by atoms with Crippen LogP contribution in [0.15, 0.2) is 18.5 Å². The van der Waals surface area contributed by atoms with E-state index in [0.29, 0.717) is 5.46 Å². The van der Waals surface area contributed by atoms with Crippen molar-refractivity contribution in [2.24, 2.45) is 0 Å². The minimum atomic E-state index is -1.03. The number of carboxylic acid groups (broad SMARTS) is 1. The van der Waals surface area contributed by atoms with Crippen molar-refractivity contribution in [3.05, 3.63) is 24.0 Å². The van der Waals surface area contributed by atoms with Crippen LogP contribution in [0.25, 0.3) is 0 Å². The van der Waals surface area contributed by atoms with E-state index in [4.69, 9.17) is 14.4 Å². The molecule has 2 rings (SSSR count). The van der Waals surface area contributed by atoms with Gasteiger partial charge in [0.2, 0.25) is 0 Å². The first-order valence-corrected chi connectivity index (χ1v) is 5.77. The van der Waals surface area contributed by atoms with Gasteiger partial charge in [0, 0.05) is 12.4 Å². The highest BCUT2D eigenvalue weighted by molar-refractivity contribution is 6.63. The number of carbonyl (C=O) groups is 1. The minimum absolute atomic E-state index is 0.107. The Morgan fingerprint density at radius 3 is 2.33 bits per heavy atom. The molecule has 1 aromatic heterocycles. The Balaban J connectivity index is 2.38. The second-order valence-electron chi connectivity index (χ2n) is 5.36. The third kappa shape index (κ3) is 2.02. The Hall–Kier alpha value is -1.40. The topological polar surface area (TPSA) is 68.7 Å². The number of rotatable bonds is 2. The van der Waals surface area contributed by atoms with Gasteiger partial charge in [-0.25, -0.2) is 4.79 Å². The van der Waals surface area contributed by atoms with Gasteiger partial charge in [-0.15, -0.1) is 0 Å². The van der Waals surface area contributed by atoms with E-state index < -0.39 is 24.3 Å². The lowest BCUT2D eigenvalue weighted by Gasteiger charge is -2.32. The second kappa shape index (κ2) is 4.07. The molecule has 0 aromatic carbocycles. The van der Waals surface area contributed by atoms with Gasteiger partial charge in [-0.05, 0) is 39.2 Å². The van der Waals surface area contributed by atoms with Gasteiger partial charge in [-0.2, -0.15) is 0 Å². The summed E-state index contributed by atoms with van der Waals surface area (Å²) in [5.41, 5.74) is -0.375. The maximum absolute atomic E-state index is 11.2. The molecule has 0 radical (unpaired) electrons. The molecular weight excluding hydrogens is 233 g/mol. The fourth-order valence-corrected chi connectivity index (χ4v) is 1.76. The molecule has 1 aliphatic heterocycles. The predicted octanol–water partition coefficient (Wildman–Crippen LogP) is 1.08. The fraction of sp³-hybridized carbons (Fsp3) is 0.500. The summed E-state index contributed by atoms with van der Waals surface area (Å²) in [4.78, 5) is 15.0. The molecule has 0 atom stereocenters. The molecule has 1 aromatic rings. The van der Waals surface area contributed by atoms with Crippen LogP contribution in [0.5, 0.6) is 0 Å². The molecule has 5 nitrogen and oxygen atoms in total. The van der Waals surface area contributed by atoms with Crippen molar-refractivity contribution in [1.82, 2.24) is 4.98 Å². The monoisotopic (exact) mass is 249 g/mol. The molecule has 6 heteroatoms. The number of aromatic carboxylic acids is 1. The lowest BCUT2D eigenvalue weighted by molar-refractivity contribution is 0.00578. The second-order valence-corrected chi connectivity index (χ2v) is 5.36. The first kappa shape index (κ1) is 13.0. The molecule has 0 bridgehead atoms. The first-order valence-electron chi connectivity index (χ1n) is 5.77. The molecule has 0 unspecified atom stereocenters. The van der Waals surface area contributed by atoms with Gasteiger partial charge in [0.05, 0.1) is 16.8 Å². The highest BCUT2D eigenvalue weighted by Gasteiger charge is 2.52. The highest BCUT2D eigenvalue weighted by atomic mass is 16.7. The molecule has 1 fully saturated rings. The van der Waals surface area contributed by atoms with Crippen molar-refractivity contribution in [2.45, 2.75) is 38.9 Å². The summed E-state index contributed by atoms with van der Waals surface area (Å²) in [7, 11) is -0.677. The maximum atomic E-state index is 11.2. The number of carboxylic acids is 1. The van der Waals surface area contributed by atoms with Crippen LogP contribution < -0.4 is 5.46 Å². The van der Waals surface area contributed by atoms with Crippen LogP contribution >= 0.6 is 0 Å².